The number of halogens is 1. The van der Waals surface area contributed by atoms with Gasteiger partial charge >= 0.3 is 5.97 Å². The largest absolute Gasteiger partial charge is 0.492 e. The van der Waals surface area contributed by atoms with Gasteiger partial charge in [0.2, 0.25) is 0 Å². The molecule has 0 amide bonds. The number of carboxylic acids is 1. The summed E-state index contributed by atoms with van der Waals surface area (Å²) in [5, 5.41) is 15.8. The van der Waals surface area contributed by atoms with Crippen molar-refractivity contribution < 1.29 is 19.0 Å². The molecule has 2 aromatic heterocycles. The number of aromatic amines is 1. The quantitative estimate of drug-likeness (QED) is 0.668. The van der Waals surface area contributed by atoms with E-state index in [2.05, 4.69) is 15.2 Å². The highest BCUT2D eigenvalue weighted by Crippen LogP contribution is 2.48. The Balaban J connectivity index is 1.36. The lowest BCUT2D eigenvalue weighted by Gasteiger charge is -2.09. The molecule has 27 heavy (non-hydrogen) atoms. The second kappa shape index (κ2) is 7.19. The number of pyridine rings is 1. The van der Waals surface area contributed by atoms with E-state index in [-0.39, 0.29) is 11.7 Å². The third-order valence-electron chi connectivity index (χ3n) is 4.77. The molecule has 0 saturated heterocycles. The lowest BCUT2D eigenvalue weighted by molar-refractivity contribution is -0.138. The van der Waals surface area contributed by atoms with Crippen molar-refractivity contribution in [3.05, 3.63) is 65.7 Å². The number of benzene rings is 1. The van der Waals surface area contributed by atoms with E-state index in [1.807, 2.05) is 12.1 Å². The van der Waals surface area contributed by atoms with Crippen LogP contribution in [0.15, 0.2) is 48.8 Å². The molecule has 1 aliphatic rings. The third-order valence-corrected chi connectivity index (χ3v) is 4.77. The Morgan fingerprint density at radius 2 is 2.19 bits per heavy atom. The summed E-state index contributed by atoms with van der Waals surface area (Å²) < 4.78 is 20.3. The van der Waals surface area contributed by atoms with Crippen LogP contribution in [0.25, 0.3) is 11.4 Å². The van der Waals surface area contributed by atoms with Crippen LogP contribution in [0.2, 0.25) is 0 Å². The zero-order valence-electron chi connectivity index (χ0n) is 14.4. The summed E-state index contributed by atoms with van der Waals surface area (Å²) >= 11 is 0. The molecule has 7 heteroatoms. The molecule has 1 aromatic carbocycles. The van der Waals surface area contributed by atoms with Gasteiger partial charge in [-0.3, -0.25) is 14.9 Å². The minimum atomic E-state index is -0.862. The van der Waals surface area contributed by atoms with Gasteiger partial charge in [0.25, 0.3) is 0 Å². The Hall–Kier alpha value is -3.22. The summed E-state index contributed by atoms with van der Waals surface area (Å²) in [6, 6.07) is 10.6. The van der Waals surface area contributed by atoms with Gasteiger partial charge in [-0.05, 0) is 35.7 Å². The molecule has 2 N–H and O–H groups in total. The summed E-state index contributed by atoms with van der Waals surface area (Å²) in [7, 11) is 0. The predicted molar refractivity (Wildman–Crippen MR) is 95.9 cm³/mol. The fourth-order valence-corrected chi connectivity index (χ4v) is 3.19. The standard InChI is InChI=1S/C20H18FN3O3/c21-19-12(2-1-3-14(19)15-10-16(15)20(25)26)7-9-27-13-4-5-17(22-11-13)18-6-8-23-24-18/h1-6,8,11,15-16H,7,9-10H2,(H,23,24)(H,25,26)/t15-,16?/m0/s1. The SMILES string of the molecule is O=C(O)C1C[C@H]1c1cccc(CCOc2ccc(-c3ccn[nH]3)nc2)c1F. The third kappa shape index (κ3) is 3.67. The highest BCUT2D eigenvalue weighted by atomic mass is 19.1. The molecule has 2 atom stereocenters. The van der Waals surface area contributed by atoms with E-state index in [0.717, 1.165) is 11.4 Å². The first-order valence-electron chi connectivity index (χ1n) is 8.72. The molecule has 0 radical (unpaired) electrons. The maximum atomic E-state index is 14.7. The van der Waals surface area contributed by atoms with Crippen LogP contribution in [0, 0.1) is 11.7 Å². The number of rotatable bonds is 7. The van der Waals surface area contributed by atoms with Crippen molar-refractivity contribution >= 4 is 5.97 Å². The first-order chi connectivity index (χ1) is 13.1. The van der Waals surface area contributed by atoms with E-state index in [0.29, 0.717) is 36.3 Å². The van der Waals surface area contributed by atoms with Crippen molar-refractivity contribution in [2.45, 2.75) is 18.8 Å². The fraction of sp³-hybridized carbons (Fsp3) is 0.250. The number of hydrogen-bond donors (Lipinski definition) is 2. The number of carbonyl (C=O) groups is 1. The van der Waals surface area contributed by atoms with Crippen molar-refractivity contribution in [2.75, 3.05) is 6.61 Å². The average Bonchev–Trinajstić information content (AvgIpc) is 3.28. The second-order valence-electron chi connectivity index (χ2n) is 6.56. The highest BCUT2D eigenvalue weighted by Gasteiger charge is 2.45. The Morgan fingerprint density at radius 3 is 2.85 bits per heavy atom. The molecule has 138 valence electrons. The van der Waals surface area contributed by atoms with Crippen LogP contribution in [0.1, 0.15) is 23.5 Å². The van der Waals surface area contributed by atoms with Crippen molar-refractivity contribution in [1.29, 1.82) is 0 Å². The van der Waals surface area contributed by atoms with Gasteiger partial charge in [0.1, 0.15) is 11.6 Å². The van der Waals surface area contributed by atoms with Crippen LogP contribution >= 0.6 is 0 Å². The summed E-state index contributed by atoms with van der Waals surface area (Å²) in [6.07, 6.45) is 4.17. The Morgan fingerprint density at radius 1 is 1.30 bits per heavy atom. The van der Waals surface area contributed by atoms with Crippen LogP contribution in [0.5, 0.6) is 5.75 Å². The second-order valence-corrected chi connectivity index (χ2v) is 6.56. The van der Waals surface area contributed by atoms with Crippen molar-refractivity contribution in [2.24, 2.45) is 5.92 Å². The van der Waals surface area contributed by atoms with E-state index in [4.69, 9.17) is 9.84 Å². The number of carboxylic acid groups (broad SMARTS) is 1. The Labute approximate surface area is 155 Å². The van der Waals surface area contributed by atoms with Gasteiger partial charge in [0.15, 0.2) is 0 Å². The van der Waals surface area contributed by atoms with Crippen LogP contribution in [0.3, 0.4) is 0 Å². The zero-order chi connectivity index (χ0) is 18.8. The number of nitrogens with one attached hydrogen (secondary N) is 1. The van der Waals surface area contributed by atoms with Gasteiger partial charge in [-0.2, -0.15) is 5.10 Å². The molecule has 1 unspecified atom stereocenters. The van der Waals surface area contributed by atoms with Crippen LogP contribution < -0.4 is 4.74 Å². The monoisotopic (exact) mass is 367 g/mol. The number of H-pyrrole nitrogens is 1. The summed E-state index contributed by atoms with van der Waals surface area (Å²) in [5.74, 6) is -1.27. The van der Waals surface area contributed by atoms with Crippen molar-refractivity contribution in [1.82, 2.24) is 15.2 Å². The molecule has 0 spiro atoms. The smallest absolute Gasteiger partial charge is 0.307 e. The average molecular weight is 367 g/mol. The maximum absolute atomic E-state index is 14.7. The van der Waals surface area contributed by atoms with Gasteiger partial charge in [0, 0.05) is 18.5 Å². The highest BCUT2D eigenvalue weighted by molar-refractivity contribution is 5.75. The lowest BCUT2D eigenvalue weighted by Crippen LogP contribution is -2.06. The molecule has 1 fully saturated rings. The minimum absolute atomic E-state index is 0.220. The molecule has 2 heterocycles. The lowest BCUT2D eigenvalue weighted by atomic mass is 10.0. The Bertz CT molecular complexity index is 942. The number of ether oxygens (including phenoxy) is 1. The molecule has 1 aliphatic carbocycles. The number of aliphatic carboxylic acids is 1. The van der Waals surface area contributed by atoms with Gasteiger partial charge < -0.3 is 9.84 Å². The molecule has 0 bridgehead atoms. The van der Waals surface area contributed by atoms with E-state index < -0.39 is 11.9 Å². The van der Waals surface area contributed by atoms with Crippen LogP contribution in [-0.2, 0) is 11.2 Å². The number of nitrogens with zero attached hydrogens (tertiary/aromatic N) is 2. The van der Waals surface area contributed by atoms with Gasteiger partial charge in [-0.15, -0.1) is 0 Å². The number of aromatic nitrogens is 3. The van der Waals surface area contributed by atoms with Crippen molar-refractivity contribution in [3.63, 3.8) is 0 Å². The minimum Gasteiger partial charge on any atom is -0.492 e. The maximum Gasteiger partial charge on any atom is 0.307 e. The van der Waals surface area contributed by atoms with Crippen LogP contribution in [-0.4, -0.2) is 32.9 Å². The molecule has 6 nitrogen and oxygen atoms in total. The molecule has 3 aromatic rings. The van der Waals surface area contributed by atoms with E-state index >= 15 is 0 Å². The molecule has 4 rings (SSSR count). The first kappa shape index (κ1) is 17.2. The molecule has 0 aliphatic heterocycles. The van der Waals surface area contributed by atoms with Crippen molar-refractivity contribution in [3.8, 4) is 17.1 Å². The first-order valence-corrected chi connectivity index (χ1v) is 8.72. The summed E-state index contributed by atoms with van der Waals surface area (Å²) in [6.45, 7) is 0.304. The fourth-order valence-electron chi connectivity index (χ4n) is 3.19. The number of hydrogen-bond acceptors (Lipinski definition) is 4. The summed E-state index contributed by atoms with van der Waals surface area (Å²) in [4.78, 5) is 15.3. The zero-order valence-corrected chi connectivity index (χ0v) is 14.4. The normalized spacial score (nSPS) is 18.3. The van der Waals surface area contributed by atoms with E-state index in [1.165, 1.54) is 0 Å². The van der Waals surface area contributed by atoms with E-state index in [1.54, 1.807) is 36.7 Å². The molecule has 1 saturated carbocycles. The Kier molecular flexibility index (Phi) is 4.58. The van der Waals surface area contributed by atoms with Crippen LogP contribution in [0.4, 0.5) is 4.39 Å². The van der Waals surface area contributed by atoms with E-state index in [9.17, 15) is 9.18 Å². The van der Waals surface area contributed by atoms with Gasteiger partial charge in [-0.1, -0.05) is 18.2 Å². The van der Waals surface area contributed by atoms with Gasteiger partial charge in [0.05, 0.1) is 30.1 Å². The molecular weight excluding hydrogens is 349 g/mol. The summed E-state index contributed by atoms with van der Waals surface area (Å²) in [5.41, 5.74) is 2.60. The van der Waals surface area contributed by atoms with Gasteiger partial charge in [-0.25, -0.2) is 4.39 Å². The topological polar surface area (TPSA) is 88.1 Å². The molecular formula is C20H18FN3O3. The predicted octanol–water partition coefficient (Wildman–Crippen LogP) is 3.42.